The lowest BCUT2D eigenvalue weighted by Gasteiger charge is -2.33. The van der Waals surface area contributed by atoms with E-state index in [9.17, 15) is 10.2 Å². The Morgan fingerprint density at radius 3 is 2.41 bits per heavy atom. The van der Waals surface area contributed by atoms with Gasteiger partial charge in [-0.25, -0.2) is 0 Å². The van der Waals surface area contributed by atoms with Crippen molar-refractivity contribution in [2.45, 2.75) is 44.1 Å². The summed E-state index contributed by atoms with van der Waals surface area (Å²) in [6.45, 7) is 3.63. The van der Waals surface area contributed by atoms with Crippen molar-refractivity contribution >= 4 is 0 Å². The number of hydrogen-bond donors (Lipinski definition) is 2. The molecule has 1 aromatic rings. The zero-order valence-corrected chi connectivity index (χ0v) is 9.83. The average Bonchev–Trinajstić information content (AvgIpc) is 2.62. The molecule has 2 aliphatic rings. The maximum atomic E-state index is 10.1. The van der Waals surface area contributed by atoms with E-state index in [1.165, 1.54) is 0 Å². The van der Waals surface area contributed by atoms with Gasteiger partial charge in [0, 0.05) is 0 Å². The van der Waals surface area contributed by atoms with Crippen LogP contribution < -0.4 is 0 Å². The molecule has 4 nitrogen and oxygen atoms in total. The van der Waals surface area contributed by atoms with E-state index in [0.717, 1.165) is 11.1 Å². The van der Waals surface area contributed by atoms with Crippen LogP contribution in [0.1, 0.15) is 37.2 Å². The second kappa shape index (κ2) is 3.53. The molecular formula is C13H16O4. The highest BCUT2D eigenvalue weighted by Gasteiger charge is 2.51. The Hall–Kier alpha value is -0.940. The molecule has 0 unspecified atom stereocenters. The van der Waals surface area contributed by atoms with Gasteiger partial charge in [-0.05, 0) is 25.0 Å². The van der Waals surface area contributed by atoms with Crippen LogP contribution in [0.4, 0.5) is 0 Å². The van der Waals surface area contributed by atoms with Crippen LogP contribution >= 0.6 is 0 Å². The first kappa shape index (κ1) is 11.2. The van der Waals surface area contributed by atoms with Gasteiger partial charge >= 0.3 is 0 Å². The van der Waals surface area contributed by atoms with Crippen LogP contribution in [0.25, 0.3) is 0 Å². The van der Waals surface area contributed by atoms with Crippen LogP contribution in [0, 0.1) is 0 Å². The standard InChI is InChI=1S/C13H16O4/c1-13(2)16-11-8-6-4-3-5-7(8)9(14)10(15)12(11)17-13/h3-6,9-12,14-15H,1-2H3/t9-,10+,11+,12-/m0/s1. The van der Waals surface area contributed by atoms with Crippen molar-refractivity contribution in [2.24, 2.45) is 0 Å². The van der Waals surface area contributed by atoms with Gasteiger partial charge in [0.05, 0.1) is 0 Å². The lowest BCUT2D eigenvalue weighted by molar-refractivity contribution is -0.161. The van der Waals surface area contributed by atoms with E-state index in [2.05, 4.69) is 0 Å². The first-order valence-corrected chi connectivity index (χ1v) is 5.80. The van der Waals surface area contributed by atoms with Crippen LogP contribution in [0.5, 0.6) is 0 Å². The molecule has 4 heteroatoms. The minimum absolute atomic E-state index is 0.306. The lowest BCUT2D eigenvalue weighted by atomic mass is 9.83. The molecular weight excluding hydrogens is 220 g/mol. The Balaban J connectivity index is 2.09. The molecule has 0 bridgehead atoms. The molecule has 0 spiro atoms. The van der Waals surface area contributed by atoms with E-state index in [0.29, 0.717) is 0 Å². The number of aliphatic hydroxyl groups excluding tert-OH is 2. The first-order chi connectivity index (χ1) is 7.99. The van der Waals surface area contributed by atoms with Crippen molar-refractivity contribution in [1.29, 1.82) is 0 Å². The van der Waals surface area contributed by atoms with E-state index in [1.807, 2.05) is 38.1 Å². The summed E-state index contributed by atoms with van der Waals surface area (Å²) in [7, 11) is 0. The molecule has 1 aromatic carbocycles. The second-order valence-corrected chi connectivity index (χ2v) is 5.09. The molecule has 2 N–H and O–H groups in total. The van der Waals surface area contributed by atoms with Crippen molar-refractivity contribution in [3.05, 3.63) is 35.4 Å². The Morgan fingerprint density at radius 1 is 1.06 bits per heavy atom. The lowest BCUT2D eigenvalue weighted by Crippen LogP contribution is -2.40. The van der Waals surface area contributed by atoms with Crippen LogP contribution in [-0.2, 0) is 9.47 Å². The van der Waals surface area contributed by atoms with Crippen molar-refractivity contribution in [3.8, 4) is 0 Å². The Bertz CT molecular complexity index is 443. The fourth-order valence-corrected chi connectivity index (χ4v) is 2.68. The third kappa shape index (κ3) is 1.60. The largest absolute Gasteiger partial charge is 0.387 e. The normalized spacial score (nSPS) is 38.6. The molecule has 0 aromatic heterocycles. The highest BCUT2D eigenvalue weighted by atomic mass is 16.8. The molecule has 0 saturated carbocycles. The minimum atomic E-state index is -0.948. The molecule has 1 saturated heterocycles. The van der Waals surface area contributed by atoms with Gasteiger partial charge in [0.2, 0.25) is 0 Å². The number of aliphatic hydroxyl groups is 2. The van der Waals surface area contributed by atoms with Gasteiger partial charge in [-0.1, -0.05) is 24.3 Å². The summed E-state index contributed by atoms with van der Waals surface area (Å²) >= 11 is 0. The number of rotatable bonds is 0. The molecule has 1 fully saturated rings. The van der Waals surface area contributed by atoms with Gasteiger partial charge in [0.25, 0.3) is 0 Å². The van der Waals surface area contributed by atoms with E-state index in [4.69, 9.17) is 9.47 Å². The topological polar surface area (TPSA) is 58.9 Å². The summed E-state index contributed by atoms with van der Waals surface area (Å²) in [5.41, 5.74) is 1.63. The number of benzene rings is 1. The smallest absolute Gasteiger partial charge is 0.164 e. The highest BCUT2D eigenvalue weighted by molar-refractivity contribution is 5.36. The minimum Gasteiger partial charge on any atom is -0.387 e. The van der Waals surface area contributed by atoms with Crippen molar-refractivity contribution in [2.75, 3.05) is 0 Å². The summed E-state index contributed by atoms with van der Waals surface area (Å²) in [6, 6.07) is 7.46. The summed E-state index contributed by atoms with van der Waals surface area (Å²) in [6.07, 6.45) is -2.67. The number of hydrogen-bond acceptors (Lipinski definition) is 4. The Kier molecular flexibility index (Phi) is 2.32. The third-order valence-corrected chi connectivity index (χ3v) is 3.41. The van der Waals surface area contributed by atoms with Gasteiger partial charge in [-0.2, -0.15) is 0 Å². The molecule has 3 rings (SSSR count). The molecule has 4 atom stereocenters. The predicted molar refractivity (Wildman–Crippen MR) is 60.2 cm³/mol. The summed E-state index contributed by atoms with van der Waals surface area (Å²) in [4.78, 5) is 0. The molecule has 1 aliphatic heterocycles. The Morgan fingerprint density at radius 2 is 1.71 bits per heavy atom. The van der Waals surface area contributed by atoms with E-state index in [-0.39, 0.29) is 6.10 Å². The fraction of sp³-hybridized carbons (Fsp3) is 0.538. The number of fused-ring (bicyclic) bond motifs is 3. The van der Waals surface area contributed by atoms with Gasteiger partial charge in [0.1, 0.15) is 24.4 Å². The Labute approximate surface area is 99.8 Å². The SMILES string of the molecule is CC1(C)O[C@H]2[C@H](O)[C@@H](O)c3ccccc3[C@H]2O1. The fourth-order valence-electron chi connectivity index (χ4n) is 2.68. The molecule has 92 valence electrons. The third-order valence-electron chi connectivity index (χ3n) is 3.41. The average molecular weight is 236 g/mol. The second-order valence-electron chi connectivity index (χ2n) is 5.09. The summed E-state index contributed by atoms with van der Waals surface area (Å²) in [5.74, 6) is -0.729. The molecule has 0 amide bonds. The van der Waals surface area contributed by atoms with Crippen LogP contribution in [0.2, 0.25) is 0 Å². The van der Waals surface area contributed by atoms with Crippen molar-refractivity contribution < 1.29 is 19.7 Å². The van der Waals surface area contributed by atoms with Crippen LogP contribution in [0.15, 0.2) is 24.3 Å². The first-order valence-electron chi connectivity index (χ1n) is 5.80. The molecule has 1 heterocycles. The summed E-state index contributed by atoms with van der Waals surface area (Å²) in [5, 5.41) is 20.1. The van der Waals surface area contributed by atoms with Crippen molar-refractivity contribution in [3.63, 3.8) is 0 Å². The quantitative estimate of drug-likeness (QED) is 0.712. The van der Waals surface area contributed by atoms with Gasteiger partial charge in [-0.15, -0.1) is 0 Å². The van der Waals surface area contributed by atoms with Gasteiger partial charge < -0.3 is 19.7 Å². The van der Waals surface area contributed by atoms with Gasteiger partial charge in [-0.3, -0.25) is 0 Å². The zero-order chi connectivity index (χ0) is 12.2. The molecule has 0 radical (unpaired) electrons. The molecule has 1 aliphatic carbocycles. The van der Waals surface area contributed by atoms with Crippen molar-refractivity contribution in [1.82, 2.24) is 0 Å². The maximum absolute atomic E-state index is 10.1. The van der Waals surface area contributed by atoms with E-state index in [1.54, 1.807) is 0 Å². The van der Waals surface area contributed by atoms with Gasteiger partial charge in [0.15, 0.2) is 5.79 Å². The van der Waals surface area contributed by atoms with E-state index < -0.39 is 24.1 Å². The monoisotopic (exact) mass is 236 g/mol. The van der Waals surface area contributed by atoms with Crippen LogP contribution in [-0.4, -0.2) is 28.2 Å². The number of ether oxygens (including phenoxy) is 2. The van der Waals surface area contributed by atoms with E-state index >= 15 is 0 Å². The zero-order valence-electron chi connectivity index (χ0n) is 9.83. The predicted octanol–water partition coefficient (Wildman–Crippen LogP) is 1.29. The summed E-state index contributed by atoms with van der Waals surface area (Å²) < 4.78 is 11.5. The highest BCUT2D eigenvalue weighted by Crippen LogP contribution is 2.47. The maximum Gasteiger partial charge on any atom is 0.164 e. The molecule has 17 heavy (non-hydrogen) atoms. The van der Waals surface area contributed by atoms with Crippen LogP contribution in [0.3, 0.4) is 0 Å².